The molecule has 0 saturated carbocycles. The molecule has 9 nitrogen and oxygen atoms in total. The summed E-state index contributed by atoms with van der Waals surface area (Å²) in [6.07, 6.45) is 0. The fourth-order valence-corrected chi connectivity index (χ4v) is 6.05. The Kier molecular flexibility index (Phi) is 7.35. The van der Waals surface area contributed by atoms with Crippen LogP contribution < -0.4 is 9.64 Å². The minimum atomic E-state index is -2.18. The SMILES string of the molecule is CCOC(=O)C1(C(=O)OCC)C(c2ccccc2)N(C)OC12C(=O)N(c1ccc(OC)cc1)C2c1ccccc1. The maximum Gasteiger partial charge on any atom is 0.329 e. The zero-order valence-corrected chi connectivity index (χ0v) is 22.9. The summed E-state index contributed by atoms with van der Waals surface area (Å²) in [4.78, 5) is 51.2. The Labute approximate surface area is 233 Å². The van der Waals surface area contributed by atoms with Crippen molar-refractivity contribution in [1.82, 2.24) is 5.06 Å². The Bertz CT molecular complexity index is 1360. The van der Waals surface area contributed by atoms with Crippen LogP contribution in [0.3, 0.4) is 0 Å². The van der Waals surface area contributed by atoms with E-state index in [0.29, 0.717) is 22.6 Å². The fraction of sp³-hybridized carbons (Fsp3) is 0.323. The van der Waals surface area contributed by atoms with Gasteiger partial charge >= 0.3 is 11.9 Å². The van der Waals surface area contributed by atoms with Gasteiger partial charge in [0.15, 0.2) is 0 Å². The Morgan fingerprint density at radius 2 is 1.30 bits per heavy atom. The van der Waals surface area contributed by atoms with Crippen LogP contribution in [0.25, 0.3) is 0 Å². The van der Waals surface area contributed by atoms with Crippen molar-refractivity contribution in [2.45, 2.75) is 31.5 Å². The van der Waals surface area contributed by atoms with E-state index in [4.69, 9.17) is 19.0 Å². The number of benzene rings is 3. The summed E-state index contributed by atoms with van der Waals surface area (Å²) in [5.74, 6) is -1.69. The van der Waals surface area contributed by atoms with E-state index in [1.54, 1.807) is 81.4 Å². The van der Waals surface area contributed by atoms with Crippen LogP contribution in [-0.2, 0) is 28.7 Å². The van der Waals surface area contributed by atoms with Gasteiger partial charge in [0, 0.05) is 12.7 Å². The number of nitrogens with zero attached hydrogens (tertiary/aromatic N) is 2. The van der Waals surface area contributed by atoms with Gasteiger partial charge in [-0.2, -0.15) is 5.06 Å². The summed E-state index contributed by atoms with van der Waals surface area (Å²) in [6, 6.07) is 23.3. The van der Waals surface area contributed by atoms with E-state index in [9.17, 15) is 14.4 Å². The predicted octanol–water partition coefficient (Wildman–Crippen LogP) is 4.25. The van der Waals surface area contributed by atoms with Crippen LogP contribution in [-0.4, -0.2) is 55.9 Å². The molecule has 0 aliphatic carbocycles. The standard InChI is InChI=1S/C31H32N2O7/c1-5-38-28(35)30(29(36)39-6-2)25(21-13-9-7-10-14-21)32(3)40-31(30)26(22-15-11-8-12-16-22)33(27(31)34)23-17-19-24(37-4)20-18-23/h7-20,25-26H,5-6H2,1-4H3. The number of amides is 1. The number of ether oxygens (including phenoxy) is 3. The minimum Gasteiger partial charge on any atom is -0.497 e. The van der Waals surface area contributed by atoms with Gasteiger partial charge in [-0.25, -0.2) is 0 Å². The molecule has 40 heavy (non-hydrogen) atoms. The molecule has 9 heteroatoms. The van der Waals surface area contributed by atoms with Crippen molar-refractivity contribution >= 4 is 23.5 Å². The molecule has 3 aromatic carbocycles. The van der Waals surface area contributed by atoms with Gasteiger partial charge in [-0.1, -0.05) is 60.7 Å². The maximum atomic E-state index is 14.6. The second kappa shape index (κ2) is 10.7. The highest BCUT2D eigenvalue weighted by atomic mass is 16.7. The van der Waals surface area contributed by atoms with E-state index in [1.807, 2.05) is 36.4 Å². The number of hydrogen-bond acceptors (Lipinski definition) is 8. The number of methoxy groups -OCH3 is 1. The highest BCUT2D eigenvalue weighted by Crippen LogP contribution is 2.66. The lowest BCUT2D eigenvalue weighted by Crippen LogP contribution is -2.78. The molecule has 5 rings (SSSR count). The Hall–Kier alpha value is -4.21. The van der Waals surface area contributed by atoms with Crippen LogP contribution in [0.1, 0.15) is 37.1 Å². The fourth-order valence-electron chi connectivity index (χ4n) is 6.05. The third-order valence-corrected chi connectivity index (χ3v) is 7.60. The van der Waals surface area contributed by atoms with Gasteiger partial charge in [0.2, 0.25) is 11.0 Å². The first-order valence-electron chi connectivity index (χ1n) is 13.2. The Morgan fingerprint density at radius 3 is 1.77 bits per heavy atom. The van der Waals surface area contributed by atoms with Crippen molar-refractivity contribution in [3.05, 3.63) is 96.1 Å². The van der Waals surface area contributed by atoms with E-state index < -0.39 is 40.9 Å². The van der Waals surface area contributed by atoms with Crippen LogP contribution in [0.4, 0.5) is 5.69 Å². The first kappa shape index (κ1) is 27.4. The normalized spacial score (nSPS) is 23.5. The number of hydrogen-bond donors (Lipinski definition) is 0. The van der Waals surface area contributed by atoms with E-state index in [2.05, 4.69) is 0 Å². The van der Waals surface area contributed by atoms with Crippen molar-refractivity contribution in [2.75, 3.05) is 32.3 Å². The van der Waals surface area contributed by atoms with Gasteiger partial charge < -0.3 is 14.2 Å². The molecule has 2 aliphatic rings. The van der Waals surface area contributed by atoms with Crippen molar-refractivity contribution < 1.29 is 33.4 Å². The smallest absolute Gasteiger partial charge is 0.329 e. The molecule has 0 N–H and O–H groups in total. The minimum absolute atomic E-state index is 0.00627. The number of anilines is 1. The third kappa shape index (κ3) is 3.80. The maximum absolute atomic E-state index is 14.6. The van der Waals surface area contributed by atoms with E-state index in [-0.39, 0.29) is 13.2 Å². The first-order valence-corrected chi connectivity index (χ1v) is 13.2. The molecule has 2 fully saturated rings. The lowest BCUT2D eigenvalue weighted by Gasteiger charge is -2.57. The van der Waals surface area contributed by atoms with Gasteiger partial charge in [0.1, 0.15) is 11.8 Å². The molecule has 208 valence electrons. The summed E-state index contributed by atoms with van der Waals surface area (Å²) in [5.41, 5.74) is -2.35. The van der Waals surface area contributed by atoms with Gasteiger partial charge in [0.25, 0.3) is 5.91 Å². The highest BCUT2D eigenvalue weighted by Gasteiger charge is 2.86. The molecule has 2 heterocycles. The van der Waals surface area contributed by atoms with Crippen LogP contribution in [0.5, 0.6) is 5.75 Å². The van der Waals surface area contributed by atoms with E-state index in [1.165, 1.54) is 5.06 Å². The second-order valence-electron chi connectivity index (χ2n) is 9.62. The van der Waals surface area contributed by atoms with E-state index >= 15 is 0 Å². The molecule has 2 saturated heterocycles. The topological polar surface area (TPSA) is 94.6 Å². The average molecular weight is 545 g/mol. The summed E-state index contributed by atoms with van der Waals surface area (Å²) >= 11 is 0. The predicted molar refractivity (Wildman–Crippen MR) is 146 cm³/mol. The first-order chi connectivity index (χ1) is 19.4. The number of carbonyl (C=O) groups is 3. The molecule has 3 unspecified atom stereocenters. The number of rotatable bonds is 8. The molecule has 1 amide bonds. The number of esters is 2. The molecule has 3 atom stereocenters. The van der Waals surface area contributed by atoms with Crippen molar-refractivity contribution in [2.24, 2.45) is 5.41 Å². The van der Waals surface area contributed by atoms with Crippen molar-refractivity contribution in [1.29, 1.82) is 0 Å². The summed E-state index contributed by atoms with van der Waals surface area (Å²) in [6.45, 7) is 3.30. The zero-order valence-electron chi connectivity index (χ0n) is 22.9. The van der Waals surface area contributed by atoms with Crippen LogP contribution >= 0.6 is 0 Å². The molecular formula is C31H32N2O7. The summed E-state index contributed by atoms with van der Waals surface area (Å²) in [7, 11) is 3.18. The average Bonchev–Trinajstić information content (AvgIpc) is 3.28. The molecule has 3 aromatic rings. The molecule has 1 spiro atoms. The van der Waals surface area contributed by atoms with Gasteiger partial charge in [0.05, 0.1) is 26.4 Å². The molecule has 0 bridgehead atoms. The van der Waals surface area contributed by atoms with Crippen LogP contribution in [0.2, 0.25) is 0 Å². The van der Waals surface area contributed by atoms with Crippen molar-refractivity contribution in [3.63, 3.8) is 0 Å². The number of β-lactam (4-membered cyclic amide) rings is 1. The number of carbonyl (C=O) groups excluding carboxylic acids is 3. The van der Waals surface area contributed by atoms with Gasteiger partial charge in [-0.15, -0.1) is 0 Å². The lowest BCUT2D eigenvalue weighted by molar-refractivity contribution is -0.231. The Balaban J connectivity index is 1.80. The quantitative estimate of drug-likeness (QED) is 0.236. The van der Waals surface area contributed by atoms with Crippen LogP contribution in [0, 0.1) is 5.41 Å². The number of hydroxylamine groups is 2. The molecular weight excluding hydrogens is 512 g/mol. The zero-order chi connectivity index (χ0) is 28.5. The van der Waals surface area contributed by atoms with Crippen molar-refractivity contribution in [3.8, 4) is 5.75 Å². The third-order valence-electron chi connectivity index (χ3n) is 7.60. The molecule has 0 aromatic heterocycles. The van der Waals surface area contributed by atoms with Gasteiger partial charge in [-0.05, 0) is 49.2 Å². The lowest BCUT2D eigenvalue weighted by atomic mass is 9.57. The van der Waals surface area contributed by atoms with Crippen LogP contribution in [0.15, 0.2) is 84.9 Å². The summed E-state index contributed by atoms with van der Waals surface area (Å²) < 4.78 is 16.5. The summed E-state index contributed by atoms with van der Waals surface area (Å²) in [5, 5.41) is 1.42. The van der Waals surface area contributed by atoms with Gasteiger partial charge in [-0.3, -0.25) is 24.1 Å². The monoisotopic (exact) mass is 544 g/mol. The molecule has 2 aliphatic heterocycles. The largest absolute Gasteiger partial charge is 0.497 e. The van der Waals surface area contributed by atoms with E-state index in [0.717, 1.165) is 0 Å². The Morgan fingerprint density at radius 1 is 0.800 bits per heavy atom. The second-order valence-corrected chi connectivity index (χ2v) is 9.62. The highest BCUT2D eigenvalue weighted by molar-refractivity contribution is 6.18. The molecule has 0 radical (unpaired) electrons.